The van der Waals surface area contributed by atoms with E-state index in [0.717, 1.165) is 32.2 Å². The summed E-state index contributed by atoms with van der Waals surface area (Å²) in [6.07, 6.45) is 6.54. The Morgan fingerprint density at radius 3 is 2.83 bits per heavy atom. The highest BCUT2D eigenvalue weighted by Gasteiger charge is 2.45. The number of methoxy groups -OCH3 is 1. The van der Waals surface area contributed by atoms with Gasteiger partial charge in [0.1, 0.15) is 5.54 Å². The average molecular weight is 273 g/mol. The van der Waals surface area contributed by atoms with Gasteiger partial charge in [0, 0.05) is 5.25 Å². The smallest absolute Gasteiger partial charge is 0.326 e. The highest BCUT2D eigenvalue weighted by Crippen LogP contribution is 2.38. The predicted octanol–water partition coefficient (Wildman–Crippen LogP) is 2.98. The third-order valence-electron chi connectivity index (χ3n) is 3.61. The fourth-order valence-corrected chi connectivity index (χ4v) is 3.99. The standard InChI is InChI=1S/C14H27NO2S/c1-4-6-10-18-12-7-8-14(11-12,13(16)17-3)15-9-5-2/h12,15H,4-11H2,1-3H3. The Hall–Kier alpha value is -0.220. The summed E-state index contributed by atoms with van der Waals surface area (Å²) in [6.45, 7) is 5.23. The van der Waals surface area contributed by atoms with Crippen LogP contribution < -0.4 is 5.32 Å². The van der Waals surface area contributed by atoms with Crippen LogP contribution in [0.5, 0.6) is 0 Å². The molecule has 1 aliphatic carbocycles. The van der Waals surface area contributed by atoms with Crippen LogP contribution in [0.25, 0.3) is 0 Å². The number of thioether (sulfide) groups is 1. The molecule has 1 N–H and O–H groups in total. The van der Waals surface area contributed by atoms with Gasteiger partial charge in [-0.3, -0.25) is 4.79 Å². The minimum Gasteiger partial charge on any atom is -0.468 e. The molecule has 0 aromatic carbocycles. The fraction of sp³-hybridized carbons (Fsp3) is 0.929. The molecule has 3 nitrogen and oxygen atoms in total. The number of carbonyl (C=O) groups excluding carboxylic acids is 1. The molecule has 0 aliphatic heterocycles. The second-order valence-corrected chi connectivity index (χ2v) is 6.50. The maximum absolute atomic E-state index is 12.0. The monoisotopic (exact) mass is 273 g/mol. The zero-order valence-electron chi connectivity index (χ0n) is 12.0. The minimum absolute atomic E-state index is 0.0745. The van der Waals surface area contributed by atoms with Crippen molar-refractivity contribution in [2.45, 2.75) is 63.2 Å². The Balaban J connectivity index is 2.51. The van der Waals surface area contributed by atoms with Crippen LogP contribution in [0, 0.1) is 0 Å². The van der Waals surface area contributed by atoms with E-state index >= 15 is 0 Å². The van der Waals surface area contributed by atoms with Gasteiger partial charge in [0.2, 0.25) is 0 Å². The van der Waals surface area contributed by atoms with Crippen molar-refractivity contribution in [2.24, 2.45) is 0 Å². The summed E-state index contributed by atoms with van der Waals surface area (Å²) in [6, 6.07) is 0. The van der Waals surface area contributed by atoms with Crippen molar-refractivity contribution in [1.82, 2.24) is 5.32 Å². The topological polar surface area (TPSA) is 38.3 Å². The van der Waals surface area contributed by atoms with Crippen molar-refractivity contribution >= 4 is 17.7 Å². The van der Waals surface area contributed by atoms with Crippen LogP contribution in [-0.4, -0.2) is 36.2 Å². The van der Waals surface area contributed by atoms with Crippen molar-refractivity contribution in [3.8, 4) is 0 Å². The lowest BCUT2D eigenvalue weighted by Gasteiger charge is -2.27. The zero-order chi connectivity index (χ0) is 13.4. The molecule has 0 amide bonds. The molecular formula is C14H27NO2S. The number of rotatable bonds is 8. The SMILES string of the molecule is CCCCSC1CCC(NCCC)(C(=O)OC)C1. The van der Waals surface area contributed by atoms with Gasteiger partial charge in [-0.15, -0.1) is 0 Å². The number of ether oxygens (including phenoxy) is 1. The van der Waals surface area contributed by atoms with Crippen molar-refractivity contribution in [3.05, 3.63) is 0 Å². The lowest BCUT2D eigenvalue weighted by molar-refractivity contribution is -0.148. The Labute approximate surface area is 115 Å². The summed E-state index contributed by atoms with van der Waals surface area (Å²) >= 11 is 2.02. The summed E-state index contributed by atoms with van der Waals surface area (Å²) in [4.78, 5) is 12.0. The molecule has 0 heterocycles. The summed E-state index contributed by atoms with van der Waals surface area (Å²) in [5.74, 6) is 1.14. The Morgan fingerprint density at radius 2 is 2.22 bits per heavy atom. The molecule has 0 radical (unpaired) electrons. The van der Waals surface area contributed by atoms with Gasteiger partial charge >= 0.3 is 5.97 Å². The first-order valence-electron chi connectivity index (χ1n) is 7.13. The number of hydrogen-bond acceptors (Lipinski definition) is 4. The van der Waals surface area contributed by atoms with Gasteiger partial charge in [-0.2, -0.15) is 11.8 Å². The Morgan fingerprint density at radius 1 is 1.44 bits per heavy atom. The van der Waals surface area contributed by atoms with Crippen molar-refractivity contribution < 1.29 is 9.53 Å². The molecule has 0 spiro atoms. The van der Waals surface area contributed by atoms with Crippen molar-refractivity contribution in [3.63, 3.8) is 0 Å². The van der Waals surface area contributed by atoms with E-state index in [2.05, 4.69) is 19.2 Å². The van der Waals surface area contributed by atoms with E-state index in [0.29, 0.717) is 5.25 Å². The van der Waals surface area contributed by atoms with Gasteiger partial charge in [0.25, 0.3) is 0 Å². The maximum atomic E-state index is 12.0. The minimum atomic E-state index is -0.408. The third-order valence-corrected chi connectivity index (χ3v) is 5.01. The molecule has 1 rings (SSSR count). The molecule has 18 heavy (non-hydrogen) atoms. The van der Waals surface area contributed by atoms with E-state index in [-0.39, 0.29) is 5.97 Å². The second kappa shape index (κ2) is 8.05. The number of hydrogen-bond donors (Lipinski definition) is 1. The highest BCUT2D eigenvalue weighted by atomic mass is 32.2. The number of unbranched alkanes of at least 4 members (excludes halogenated alkanes) is 1. The van der Waals surface area contributed by atoms with Crippen LogP contribution >= 0.6 is 11.8 Å². The third kappa shape index (κ3) is 4.16. The molecule has 0 bridgehead atoms. The Bertz CT molecular complexity index is 260. The van der Waals surface area contributed by atoms with E-state index in [4.69, 9.17) is 4.74 Å². The van der Waals surface area contributed by atoms with Crippen molar-refractivity contribution in [1.29, 1.82) is 0 Å². The van der Waals surface area contributed by atoms with E-state index in [1.807, 2.05) is 11.8 Å². The lowest BCUT2D eigenvalue weighted by Crippen LogP contribution is -2.51. The summed E-state index contributed by atoms with van der Waals surface area (Å²) < 4.78 is 5.00. The van der Waals surface area contributed by atoms with Crippen LogP contribution in [-0.2, 0) is 9.53 Å². The maximum Gasteiger partial charge on any atom is 0.326 e. The first kappa shape index (κ1) is 15.8. The van der Waals surface area contributed by atoms with Gasteiger partial charge in [0.15, 0.2) is 0 Å². The zero-order valence-corrected chi connectivity index (χ0v) is 12.8. The van der Waals surface area contributed by atoms with Gasteiger partial charge in [0.05, 0.1) is 7.11 Å². The number of carbonyl (C=O) groups is 1. The van der Waals surface area contributed by atoms with E-state index < -0.39 is 5.54 Å². The van der Waals surface area contributed by atoms with Crippen LogP contribution in [0.1, 0.15) is 52.4 Å². The largest absolute Gasteiger partial charge is 0.468 e. The first-order valence-corrected chi connectivity index (χ1v) is 8.18. The van der Waals surface area contributed by atoms with Crippen molar-refractivity contribution in [2.75, 3.05) is 19.4 Å². The predicted molar refractivity (Wildman–Crippen MR) is 78.0 cm³/mol. The Kier molecular flexibility index (Phi) is 7.08. The van der Waals surface area contributed by atoms with Crippen LogP contribution in [0.15, 0.2) is 0 Å². The first-order chi connectivity index (χ1) is 8.68. The molecule has 1 saturated carbocycles. The molecule has 1 aliphatic rings. The van der Waals surface area contributed by atoms with Gasteiger partial charge < -0.3 is 10.1 Å². The molecular weight excluding hydrogens is 246 g/mol. The summed E-state index contributed by atoms with van der Waals surface area (Å²) in [5.41, 5.74) is -0.408. The van der Waals surface area contributed by atoms with E-state index in [1.165, 1.54) is 25.7 Å². The van der Waals surface area contributed by atoms with Crippen LogP contribution in [0.4, 0.5) is 0 Å². The molecule has 0 saturated heterocycles. The van der Waals surface area contributed by atoms with E-state index in [1.54, 1.807) is 0 Å². The molecule has 0 aromatic rings. The summed E-state index contributed by atoms with van der Waals surface area (Å²) in [5, 5.41) is 4.04. The van der Waals surface area contributed by atoms with Crippen LogP contribution in [0.2, 0.25) is 0 Å². The molecule has 4 heteroatoms. The molecule has 2 unspecified atom stereocenters. The quantitative estimate of drug-likeness (QED) is 0.545. The van der Waals surface area contributed by atoms with Gasteiger partial charge in [-0.05, 0) is 44.4 Å². The molecule has 0 aromatic heterocycles. The van der Waals surface area contributed by atoms with Gasteiger partial charge in [-0.1, -0.05) is 20.3 Å². The number of esters is 1. The molecule has 1 fully saturated rings. The second-order valence-electron chi connectivity index (χ2n) is 5.09. The van der Waals surface area contributed by atoms with Crippen LogP contribution in [0.3, 0.4) is 0 Å². The molecule has 106 valence electrons. The number of nitrogens with one attached hydrogen (secondary N) is 1. The highest BCUT2D eigenvalue weighted by molar-refractivity contribution is 7.99. The fourth-order valence-electron chi connectivity index (χ4n) is 2.51. The molecule has 2 atom stereocenters. The average Bonchev–Trinajstić information content (AvgIpc) is 2.81. The lowest BCUT2D eigenvalue weighted by atomic mass is 9.97. The van der Waals surface area contributed by atoms with E-state index in [9.17, 15) is 4.79 Å². The van der Waals surface area contributed by atoms with Gasteiger partial charge in [-0.25, -0.2) is 0 Å². The summed E-state index contributed by atoms with van der Waals surface area (Å²) in [7, 11) is 1.50. The normalized spacial score (nSPS) is 27.4.